The first-order chi connectivity index (χ1) is 13.9. The molecule has 156 valence electrons. The smallest absolute Gasteiger partial charge is 0.261 e. The van der Waals surface area contributed by atoms with Crippen molar-refractivity contribution in [3.8, 4) is 0 Å². The third-order valence-corrected chi connectivity index (χ3v) is 5.80. The third kappa shape index (κ3) is 5.76. The Morgan fingerprint density at radius 2 is 1.97 bits per heavy atom. The van der Waals surface area contributed by atoms with Crippen molar-refractivity contribution in [1.82, 2.24) is 20.2 Å². The van der Waals surface area contributed by atoms with Gasteiger partial charge >= 0.3 is 0 Å². The molecule has 0 radical (unpaired) electrons. The van der Waals surface area contributed by atoms with E-state index in [1.807, 2.05) is 29.3 Å². The zero-order chi connectivity index (χ0) is 20.8. The zero-order valence-electron chi connectivity index (χ0n) is 17.4. The lowest BCUT2D eigenvalue weighted by molar-refractivity contribution is -0.131. The van der Waals surface area contributed by atoms with Crippen LogP contribution >= 0.6 is 11.3 Å². The molecular weight excluding hydrogens is 386 g/mol. The van der Waals surface area contributed by atoms with Crippen molar-refractivity contribution in [3.63, 3.8) is 0 Å². The normalized spacial score (nSPS) is 14.3. The summed E-state index contributed by atoms with van der Waals surface area (Å²) in [7, 11) is 0. The first-order valence-electron chi connectivity index (χ1n) is 10.1. The van der Waals surface area contributed by atoms with E-state index < -0.39 is 0 Å². The number of carbonyl (C=O) groups is 2. The second kappa shape index (κ2) is 9.82. The van der Waals surface area contributed by atoms with Crippen LogP contribution in [-0.4, -0.2) is 59.4 Å². The summed E-state index contributed by atoms with van der Waals surface area (Å²) < 4.78 is 0. The maximum Gasteiger partial charge on any atom is 0.261 e. The molecule has 2 amide bonds. The minimum atomic E-state index is -0.0676. The maximum atomic E-state index is 12.5. The Labute approximate surface area is 176 Å². The van der Waals surface area contributed by atoms with Crippen LogP contribution in [0.25, 0.3) is 0 Å². The van der Waals surface area contributed by atoms with E-state index >= 15 is 0 Å². The monoisotopic (exact) mass is 415 g/mol. The molecule has 0 spiro atoms. The largest absolute Gasteiger partial charge is 0.353 e. The molecule has 0 atom stereocenters. The highest BCUT2D eigenvalue weighted by Crippen LogP contribution is 2.19. The van der Waals surface area contributed by atoms with E-state index in [1.54, 1.807) is 6.07 Å². The molecule has 0 unspecified atom stereocenters. The maximum absolute atomic E-state index is 12.5. The fraction of sp³-hybridized carbons (Fsp3) is 0.524. The molecule has 29 heavy (non-hydrogen) atoms. The standard InChI is InChI=1S/C21H29N5O2S/c1-15(2)20-23-16(3)14-18(24-20)25-9-11-26(12-10-25)19(27)7-4-8-22-21(28)17-6-5-13-29-17/h5-6,13-15H,4,7-12H2,1-3H3,(H,22,28). The summed E-state index contributed by atoms with van der Waals surface area (Å²) in [6, 6.07) is 5.67. The predicted octanol–water partition coefficient (Wildman–Crippen LogP) is 2.83. The molecule has 0 saturated carbocycles. The molecule has 1 aliphatic heterocycles. The molecule has 2 aromatic heterocycles. The van der Waals surface area contributed by atoms with Crippen molar-refractivity contribution >= 4 is 29.0 Å². The zero-order valence-corrected chi connectivity index (χ0v) is 18.2. The highest BCUT2D eigenvalue weighted by atomic mass is 32.1. The second-order valence-corrected chi connectivity index (χ2v) is 8.53. The summed E-state index contributed by atoms with van der Waals surface area (Å²) >= 11 is 1.42. The summed E-state index contributed by atoms with van der Waals surface area (Å²) in [4.78, 5) is 38.4. The van der Waals surface area contributed by atoms with Crippen molar-refractivity contribution < 1.29 is 9.59 Å². The molecule has 3 heterocycles. The van der Waals surface area contributed by atoms with Gasteiger partial charge in [0.1, 0.15) is 11.6 Å². The van der Waals surface area contributed by atoms with E-state index in [-0.39, 0.29) is 17.7 Å². The van der Waals surface area contributed by atoms with Crippen molar-refractivity contribution in [1.29, 1.82) is 0 Å². The van der Waals surface area contributed by atoms with E-state index in [1.165, 1.54) is 11.3 Å². The molecule has 3 rings (SSSR count). The summed E-state index contributed by atoms with van der Waals surface area (Å²) in [6.45, 7) is 9.63. The van der Waals surface area contributed by atoms with Crippen LogP contribution in [0.2, 0.25) is 0 Å². The Kier molecular flexibility index (Phi) is 7.19. The summed E-state index contributed by atoms with van der Waals surface area (Å²) in [5, 5.41) is 4.75. The van der Waals surface area contributed by atoms with Crippen molar-refractivity contribution in [2.24, 2.45) is 0 Å². The molecular formula is C21H29N5O2S. The molecule has 0 aromatic carbocycles. The molecule has 8 heteroatoms. The van der Waals surface area contributed by atoms with Gasteiger partial charge in [-0.2, -0.15) is 0 Å². The minimum absolute atomic E-state index is 0.0676. The van der Waals surface area contributed by atoms with Gasteiger partial charge in [-0.1, -0.05) is 19.9 Å². The van der Waals surface area contributed by atoms with Gasteiger partial charge in [0.25, 0.3) is 5.91 Å². The summed E-state index contributed by atoms with van der Waals surface area (Å²) in [5.41, 5.74) is 0.974. The molecule has 0 aliphatic carbocycles. The number of rotatable bonds is 7. The Hall–Kier alpha value is -2.48. The summed E-state index contributed by atoms with van der Waals surface area (Å²) in [5.74, 6) is 2.18. The number of hydrogen-bond acceptors (Lipinski definition) is 6. The van der Waals surface area contributed by atoms with Crippen LogP contribution in [0.15, 0.2) is 23.6 Å². The average molecular weight is 416 g/mol. The van der Waals surface area contributed by atoms with Gasteiger partial charge in [0.2, 0.25) is 5.91 Å². The number of thiophene rings is 1. The Balaban J connectivity index is 1.42. The lowest BCUT2D eigenvalue weighted by Crippen LogP contribution is -2.49. The number of carbonyl (C=O) groups excluding carboxylic acids is 2. The van der Waals surface area contributed by atoms with Crippen LogP contribution in [0.4, 0.5) is 5.82 Å². The molecule has 7 nitrogen and oxygen atoms in total. The van der Waals surface area contributed by atoms with Gasteiger partial charge in [-0.05, 0) is 24.8 Å². The van der Waals surface area contributed by atoms with E-state index in [2.05, 4.69) is 29.0 Å². The van der Waals surface area contributed by atoms with Crippen LogP contribution in [0.3, 0.4) is 0 Å². The van der Waals surface area contributed by atoms with Crippen molar-refractivity contribution in [3.05, 3.63) is 40.0 Å². The topological polar surface area (TPSA) is 78.4 Å². The Bertz CT molecular complexity index is 830. The van der Waals surface area contributed by atoms with Crippen LogP contribution in [-0.2, 0) is 4.79 Å². The number of hydrogen-bond donors (Lipinski definition) is 1. The van der Waals surface area contributed by atoms with E-state index in [0.29, 0.717) is 37.4 Å². The van der Waals surface area contributed by atoms with Gasteiger partial charge in [-0.3, -0.25) is 9.59 Å². The number of amides is 2. The highest BCUT2D eigenvalue weighted by Gasteiger charge is 2.22. The van der Waals surface area contributed by atoms with E-state index in [9.17, 15) is 9.59 Å². The fourth-order valence-electron chi connectivity index (χ4n) is 3.27. The fourth-order valence-corrected chi connectivity index (χ4v) is 3.91. The number of nitrogens with one attached hydrogen (secondary N) is 1. The minimum Gasteiger partial charge on any atom is -0.353 e. The van der Waals surface area contributed by atoms with Crippen molar-refractivity contribution in [2.45, 2.75) is 39.5 Å². The molecule has 1 fully saturated rings. The van der Waals surface area contributed by atoms with E-state index in [0.717, 1.165) is 30.4 Å². The lowest BCUT2D eigenvalue weighted by atomic mass is 10.2. The van der Waals surface area contributed by atoms with Gasteiger partial charge < -0.3 is 15.1 Å². The Morgan fingerprint density at radius 1 is 1.21 bits per heavy atom. The number of piperazine rings is 1. The number of nitrogens with zero attached hydrogens (tertiary/aromatic N) is 4. The number of aromatic nitrogens is 2. The van der Waals surface area contributed by atoms with E-state index in [4.69, 9.17) is 4.98 Å². The van der Waals surface area contributed by atoms with Crippen LogP contribution in [0.1, 0.15) is 53.8 Å². The molecule has 0 bridgehead atoms. The third-order valence-electron chi connectivity index (χ3n) is 4.93. The van der Waals surface area contributed by atoms with Gasteiger partial charge in [0.05, 0.1) is 4.88 Å². The number of aryl methyl sites for hydroxylation is 1. The lowest BCUT2D eigenvalue weighted by Gasteiger charge is -2.35. The molecule has 1 aliphatic rings. The Morgan fingerprint density at radius 3 is 2.62 bits per heavy atom. The van der Waals surface area contributed by atoms with Gasteiger partial charge in [-0.15, -0.1) is 11.3 Å². The summed E-state index contributed by atoms with van der Waals surface area (Å²) in [6.07, 6.45) is 1.11. The average Bonchev–Trinajstić information content (AvgIpc) is 3.25. The van der Waals surface area contributed by atoms with Crippen LogP contribution < -0.4 is 10.2 Å². The SMILES string of the molecule is Cc1cc(N2CCN(C(=O)CCCNC(=O)c3cccs3)CC2)nc(C(C)C)n1. The van der Waals surface area contributed by atoms with Gasteiger partial charge in [-0.25, -0.2) is 9.97 Å². The van der Waals surface area contributed by atoms with Crippen LogP contribution in [0.5, 0.6) is 0 Å². The second-order valence-electron chi connectivity index (χ2n) is 7.59. The van der Waals surface area contributed by atoms with Crippen molar-refractivity contribution in [2.75, 3.05) is 37.6 Å². The molecule has 1 N–H and O–H groups in total. The first kappa shape index (κ1) is 21.2. The predicted molar refractivity (Wildman–Crippen MR) is 116 cm³/mol. The quantitative estimate of drug-likeness (QED) is 0.704. The number of anilines is 1. The van der Waals surface area contributed by atoms with Gasteiger partial charge in [0, 0.05) is 56.8 Å². The molecule has 2 aromatic rings. The molecule has 1 saturated heterocycles. The highest BCUT2D eigenvalue weighted by molar-refractivity contribution is 7.12. The first-order valence-corrected chi connectivity index (χ1v) is 11.0. The van der Waals surface area contributed by atoms with Gasteiger partial charge in [0.15, 0.2) is 0 Å². The van der Waals surface area contributed by atoms with Crippen LogP contribution in [0, 0.1) is 6.92 Å².